The van der Waals surface area contributed by atoms with Crippen molar-refractivity contribution in [3.8, 4) is 11.5 Å². The summed E-state index contributed by atoms with van der Waals surface area (Å²) in [6.07, 6.45) is 5.76. The normalized spacial score (nSPS) is 17.6. The van der Waals surface area contributed by atoms with Crippen LogP contribution in [0.1, 0.15) is 160 Å². The third-order valence-electron chi connectivity index (χ3n) is 12.0. The first-order valence-electron chi connectivity index (χ1n) is 19.5. The number of hydrogen-bond donors (Lipinski definition) is 0. The molecule has 0 unspecified atom stereocenters. The lowest BCUT2D eigenvalue weighted by Gasteiger charge is -2.44. The van der Waals surface area contributed by atoms with Gasteiger partial charge in [0.2, 0.25) is 0 Å². The van der Waals surface area contributed by atoms with Crippen molar-refractivity contribution in [1.29, 1.82) is 0 Å². The van der Waals surface area contributed by atoms with Gasteiger partial charge in [0, 0.05) is 24.0 Å². The molecule has 5 nitrogen and oxygen atoms in total. The zero-order valence-corrected chi connectivity index (χ0v) is 33.6. The van der Waals surface area contributed by atoms with Crippen LogP contribution in [-0.2, 0) is 44.0 Å². The summed E-state index contributed by atoms with van der Waals surface area (Å²) in [7, 11) is 0. The van der Waals surface area contributed by atoms with Gasteiger partial charge in [-0.1, -0.05) is 91.8 Å². The molecule has 2 aliphatic carbocycles. The van der Waals surface area contributed by atoms with Gasteiger partial charge >= 0.3 is 11.9 Å². The Hall–Kier alpha value is -4.38. The van der Waals surface area contributed by atoms with E-state index in [0.717, 1.165) is 48.3 Å². The molecule has 0 spiro atoms. The van der Waals surface area contributed by atoms with Crippen molar-refractivity contribution in [2.75, 3.05) is 13.2 Å². The molecule has 0 amide bonds. The van der Waals surface area contributed by atoms with Crippen molar-refractivity contribution in [1.82, 2.24) is 0 Å². The summed E-state index contributed by atoms with van der Waals surface area (Å²) >= 11 is 0. The molecule has 53 heavy (non-hydrogen) atoms. The molecule has 0 heterocycles. The molecule has 0 radical (unpaired) electrons. The van der Waals surface area contributed by atoms with Crippen molar-refractivity contribution in [3.63, 3.8) is 0 Å². The van der Waals surface area contributed by atoms with E-state index in [2.05, 4.69) is 79.7 Å². The van der Waals surface area contributed by atoms with Gasteiger partial charge in [0.25, 0.3) is 0 Å². The first-order valence-corrected chi connectivity index (χ1v) is 19.5. The molecule has 0 N–H and O–H groups in total. The molecule has 6 rings (SSSR count). The van der Waals surface area contributed by atoms with Gasteiger partial charge in [-0.05, 0) is 131 Å². The fourth-order valence-corrected chi connectivity index (χ4v) is 8.72. The lowest BCUT2D eigenvalue weighted by Crippen LogP contribution is -2.35. The van der Waals surface area contributed by atoms with E-state index in [1.165, 1.54) is 33.4 Å². The molecule has 4 aromatic carbocycles. The van der Waals surface area contributed by atoms with Gasteiger partial charge in [-0.3, -0.25) is 0 Å². The molecule has 0 fully saturated rings. The van der Waals surface area contributed by atoms with Crippen LogP contribution in [0.15, 0.2) is 72.8 Å². The Labute approximate surface area is 317 Å². The first kappa shape index (κ1) is 38.3. The van der Waals surface area contributed by atoms with E-state index in [1.54, 1.807) is 0 Å². The zero-order valence-electron chi connectivity index (χ0n) is 33.6. The number of benzene rings is 4. The maximum Gasteiger partial charge on any atom is 0.338 e. The van der Waals surface area contributed by atoms with Gasteiger partial charge in [-0.2, -0.15) is 0 Å². The molecule has 4 aromatic rings. The topological polar surface area (TPSA) is 61.8 Å². The quantitative estimate of drug-likeness (QED) is 0.153. The average molecular weight is 715 g/mol. The summed E-state index contributed by atoms with van der Waals surface area (Å²) < 4.78 is 17.8. The maximum atomic E-state index is 12.5. The number of carbonyl (C=O) groups excluding carboxylic acids is 2. The van der Waals surface area contributed by atoms with Crippen molar-refractivity contribution >= 4 is 11.9 Å². The van der Waals surface area contributed by atoms with E-state index in [1.807, 2.05) is 62.4 Å². The number of fused-ring (bicyclic) bond motifs is 2. The molecule has 280 valence electrons. The van der Waals surface area contributed by atoms with Crippen molar-refractivity contribution in [3.05, 3.63) is 128 Å². The van der Waals surface area contributed by atoms with E-state index >= 15 is 0 Å². The minimum absolute atomic E-state index is 0.0359. The average Bonchev–Trinajstić information content (AvgIpc) is 3.11. The molecule has 0 atom stereocenters. The molecular weight excluding hydrogens is 657 g/mol. The Bertz CT molecular complexity index is 1850. The second-order valence-electron chi connectivity index (χ2n) is 17.8. The standard InChI is InChI=1S/C48H58O5/c1-11-51-43(49)33-17-13-31(14-18-33)29-35-39(23-21-37-41(35)47(7,8)27-25-45(37,3)4)53-40-24-22-38-42(48(9,10)28-26-46(38,5)6)36(40)30-32-15-19-34(20-16-32)44(50)52-12-2/h13-24H,11-12,25-30H2,1-10H3. The second-order valence-corrected chi connectivity index (χ2v) is 17.8. The lowest BCUT2D eigenvalue weighted by atomic mass is 9.61. The fourth-order valence-electron chi connectivity index (χ4n) is 8.72. The minimum atomic E-state index is -0.301. The van der Waals surface area contributed by atoms with E-state index in [9.17, 15) is 9.59 Å². The third-order valence-corrected chi connectivity index (χ3v) is 12.0. The SMILES string of the molecule is CCOC(=O)c1ccc(Cc2c(Oc3ccc4c(c3Cc3ccc(C(=O)OCC)cc3)C(C)(C)CCC4(C)C)ccc3c2C(C)(C)CCC3(C)C)cc1. The summed E-state index contributed by atoms with van der Waals surface area (Å²) in [6, 6.07) is 24.7. The predicted octanol–water partition coefficient (Wildman–Crippen LogP) is 11.7. The molecule has 0 saturated heterocycles. The van der Waals surface area contributed by atoms with Gasteiger partial charge in [-0.25, -0.2) is 9.59 Å². The lowest BCUT2D eigenvalue weighted by molar-refractivity contribution is 0.0516. The van der Waals surface area contributed by atoms with Crippen LogP contribution in [0.5, 0.6) is 11.5 Å². The van der Waals surface area contributed by atoms with E-state index < -0.39 is 0 Å². The highest BCUT2D eigenvalue weighted by Crippen LogP contribution is 2.52. The van der Waals surface area contributed by atoms with Gasteiger partial charge in [0.05, 0.1) is 24.3 Å². The molecule has 2 aliphatic rings. The Kier molecular flexibility index (Phi) is 10.5. The number of carbonyl (C=O) groups is 2. The highest BCUT2D eigenvalue weighted by atomic mass is 16.5. The fraction of sp³-hybridized carbons (Fsp3) is 0.458. The van der Waals surface area contributed by atoms with Crippen molar-refractivity contribution in [2.24, 2.45) is 0 Å². The largest absolute Gasteiger partial charge is 0.462 e. The second kappa shape index (κ2) is 14.5. The molecule has 0 bridgehead atoms. The van der Waals surface area contributed by atoms with Crippen LogP contribution < -0.4 is 4.74 Å². The van der Waals surface area contributed by atoms with Crippen LogP contribution in [0, 0.1) is 0 Å². The van der Waals surface area contributed by atoms with Crippen LogP contribution in [0.2, 0.25) is 0 Å². The van der Waals surface area contributed by atoms with E-state index in [0.29, 0.717) is 37.2 Å². The summed E-state index contributed by atoms with van der Waals surface area (Å²) in [5, 5.41) is 0. The third kappa shape index (κ3) is 7.68. The molecule has 0 aliphatic heterocycles. The number of hydrogen-bond acceptors (Lipinski definition) is 5. The first-order chi connectivity index (χ1) is 25.0. The Balaban J connectivity index is 1.50. The maximum absolute atomic E-state index is 12.5. The van der Waals surface area contributed by atoms with Crippen LogP contribution in [-0.4, -0.2) is 25.2 Å². The van der Waals surface area contributed by atoms with Gasteiger partial charge in [0.1, 0.15) is 11.5 Å². The highest BCUT2D eigenvalue weighted by Gasteiger charge is 2.41. The Morgan fingerprint density at radius 1 is 0.491 bits per heavy atom. The van der Waals surface area contributed by atoms with E-state index in [-0.39, 0.29) is 33.6 Å². The summed E-state index contributed by atoms with van der Waals surface area (Å²) in [5.74, 6) is 1.14. The monoisotopic (exact) mass is 714 g/mol. The Morgan fingerprint density at radius 2 is 0.830 bits per heavy atom. The predicted molar refractivity (Wildman–Crippen MR) is 214 cm³/mol. The van der Waals surface area contributed by atoms with Crippen LogP contribution >= 0.6 is 0 Å². The zero-order chi connectivity index (χ0) is 38.3. The highest BCUT2D eigenvalue weighted by molar-refractivity contribution is 5.90. The van der Waals surface area contributed by atoms with Crippen LogP contribution in [0.25, 0.3) is 0 Å². The van der Waals surface area contributed by atoms with Gasteiger partial charge in [-0.15, -0.1) is 0 Å². The van der Waals surface area contributed by atoms with Crippen LogP contribution in [0.3, 0.4) is 0 Å². The smallest absolute Gasteiger partial charge is 0.338 e. The summed E-state index contributed by atoms with van der Waals surface area (Å²) in [5.41, 5.74) is 11.2. The number of ether oxygens (including phenoxy) is 3. The molecule has 0 aromatic heterocycles. The molecular formula is C48H58O5. The van der Waals surface area contributed by atoms with E-state index in [4.69, 9.17) is 14.2 Å². The van der Waals surface area contributed by atoms with Crippen LogP contribution in [0.4, 0.5) is 0 Å². The van der Waals surface area contributed by atoms with Gasteiger partial charge < -0.3 is 14.2 Å². The Morgan fingerprint density at radius 3 is 1.17 bits per heavy atom. The van der Waals surface area contributed by atoms with Gasteiger partial charge in [0.15, 0.2) is 0 Å². The molecule has 5 heteroatoms. The summed E-state index contributed by atoms with van der Waals surface area (Å²) in [6.45, 7) is 23.3. The molecule has 0 saturated carbocycles. The summed E-state index contributed by atoms with van der Waals surface area (Å²) in [4.78, 5) is 25.0. The van der Waals surface area contributed by atoms with Crippen molar-refractivity contribution < 1.29 is 23.8 Å². The number of esters is 2. The van der Waals surface area contributed by atoms with Crippen molar-refractivity contribution in [2.45, 2.75) is 129 Å². The minimum Gasteiger partial charge on any atom is -0.462 e. The number of rotatable bonds is 10.